The van der Waals surface area contributed by atoms with Gasteiger partial charge >= 0.3 is 0 Å². The molecule has 0 radical (unpaired) electrons. The zero-order valence-corrected chi connectivity index (χ0v) is 22.7. The van der Waals surface area contributed by atoms with E-state index in [0.29, 0.717) is 30.3 Å². The summed E-state index contributed by atoms with van der Waals surface area (Å²) in [5, 5.41) is 27.7. The standard InChI is InChI=1S/C9H11NO3.2C9H13NO2.ClH/c1-13-8-4-6(5-9(10)12)2-3-7(8)11;2*1-12-9-6-7(4-5-10)2-3-8(9)11;/h2-4,11H,5H2,1H3,(H2,10,12);2*2-3,6,11H,4-5,10H2,1H3;1H. The molecule has 0 aliphatic rings. The lowest BCUT2D eigenvalue weighted by Crippen LogP contribution is -2.13. The second-order valence-electron chi connectivity index (χ2n) is 7.74. The topological polar surface area (TPSA) is 184 Å². The number of hydrogen-bond donors (Lipinski definition) is 6. The summed E-state index contributed by atoms with van der Waals surface area (Å²) in [6, 6.07) is 15.2. The lowest BCUT2D eigenvalue weighted by molar-refractivity contribution is -0.117. The van der Waals surface area contributed by atoms with Crippen LogP contribution in [0.1, 0.15) is 16.7 Å². The predicted octanol–water partition coefficient (Wildman–Crippen LogP) is 2.65. The van der Waals surface area contributed by atoms with Gasteiger partial charge in [-0.25, -0.2) is 0 Å². The van der Waals surface area contributed by atoms with E-state index in [0.717, 1.165) is 29.5 Å². The predicted molar refractivity (Wildman–Crippen MR) is 150 cm³/mol. The summed E-state index contributed by atoms with van der Waals surface area (Å²) in [5.74, 6) is 1.32. The second-order valence-corrected chi connectivity index (χ2v) is 7.74. The molecule has 0 bridgehead atoms. The van der Waals surface area contributed by atoms with Crippen molar-refractivity contribution in [1.82, 2.24) is 0 Å². The van der Waals surface area contributed by atoms with E-state index in [1.165, 1.54) is 27.4 Å². The molecule has 3 rings (SSSR count). The normalized spacial score (nSPS) is 9.50. The minimum Gasteiger partial charge on any atom is -0.504 e. The fourth-order valence-electron chi connectivity index (χ4n) is 3.12. The summed E-state index contributed by atoms with van der Waals surface area (Å²) in [7, 11) is 4.51. The van der Waals surface area contributed by atoms with Crippen molar-refractivity contribution in [3.63, 3.8) is 0 Å². The van der Waals surface area contributed by atoms with Gasteiger partial charge in [-0.2, -0.15) is 0 Å². The number of methoxy groups -OCH3 is 3. The number of nitrogens with two attached hydrogens (primary N) is 3. The van der Waals surface area contributed by atoms with Gasteiger partial charge in [-0.1, -0.05) is 18.2 Å². The molecule has 0 unspecified atom stereocenters. The molecule has 0 spiro atoms. The van der Waals surface area contributed by atoms with Crippen LogP contribution in [0.3, 0.4) is 0 Å². The molecule has 3 aromatic rings. The molecule has 1 amide bonds. The third kappa shape index (κ3) is 11.9. The van der Waals surface area contributed by atoms with Crippen LogP contribution in [0.5, 0.6) is 34.5 Å². The third-order valence-electron chi connectivity index (χ3n) is 4.98. The van der Waals surface area contributed by atoms with Crippen LogP contribution < -0.4 is 31.4 Å². The number of hydrogen-bond acceptors (Lipinski definition) is 9. The van der Waals surface area contributed by atoms with Crippen molar-refractivity contribution in [3.8, 4) is 34.5 Å². The van der Waals surface area contributed by atoms with Gasteiger partial charge in [0, 0.05) is 0 Å². The van der Waals surface area contributed by atoms with Gasteiger partial charge < -0.3 is 46.7 Å². The van der Waals surface area contributed by atoms with E-state index in [1.54, 1.807) is 36.4 Å². The van der Waals surface area contributed by atoms with Crippen LogP contribution >= 0.6 is 12.4 Å². The molecule has 0 aliphatic heterocycles. The van der Waals surface area contributed by atoms with Crippen molar-refractivity contribution in [2.45, 2.75) is 19.3 Å². The first-order chi connectivity index (χ1) is 17.7. The molecule has 0 saturated heterocycles. The quantitative estimate of drug-likeness (QED) is 0.232. The van der Waals surface area contributed by atoms with E-state index < -0.39 is 5.91 Å². The molecule has 3 aromatic carbocycles. The summed E-state index contributed by atoms with van der Waals surface area (Å²) in [5.41, 5.74) is 18.7. The first-order valence-corrected chi connectivity index (χ1v) is 11.4. The van der Waals surface area contributed by atoms with Crippen LogP contribution in [0.25, 0.3) is 0 Å². The van der Waals surface area contributed by atoms with Gasteiger partial charge in [-0.15, -0.1) is 12.4 Å². The van der Waals surface area contributed by atoms with Crippen LogP contribution in [-0.2, 0) is 24.1 Å². The van der Waals surface area contributed by atoms with Crippen LogP contribution in [0.15, 0.2) is 54.6 Å². The van der Waals surface area contributed by atoms with E-state index in [4.69, 9.17) is 31.4 Å². The molecule has 0 fully saturated rings. The maximum atomic E-state index is 10.6. The first-order valence-electron chi connectivity index (χ1n) is 11.4. The number of primary amides is 1. The maximum absolute atomic E-state index is 10.6. The van der Waals surface area contributed by atoms with Gasteiger partial charge in [-0.3, -0.25) is 4.79 Å². The fraction of sp³-hybridized carbons (Fsp3) is 0.296. The van der Waals surface area contributed by atoms with Gasteiger partial charge in [0.25, 0.3) is 0 Å². The van der Waals surface area contributed by atoms with Crippen molar-refractivity contribution in [2.75, 3.05) is 34.4 Å². The largest absolute Gasteiger partial charge is 0.504 e. The van der Waals surface area contributed by atoms with E-state index in [1.807, 2.05) is 12.1 Å². The number of rotatable bonds is 9. The summed E-state index contributed by atoms with van der Waals surface area (Å²) in [6.45, 7) is 1.21. The zero-order valence-electron chi connectivity index (χ0n) is 21.8. The van der Waals surface area contributed by atoms with Gasteiger partial charge in [-0.05, 0) is 79.0 Å². The first kappa shape index (κ1) is 34.1. The van der Waals surface area contributed by atoms with Gasteiger partial charge in [0.15, 0.2) is 34.5 Å². The Morgan fingerprint density at radius 3 is 1.26 bits per heavy atom. The highest BCUT2D eigenvalue weighted by Crippen LogP contribution is 2.27. The monoisotopic (exact) mass is 551 g/mol. The molecule has 0 saturated carbocycles. The van der Waals surface area contributed by atoms with E-state index in [-0.39, 0.29) is 36.1 Å². The highest BCUT2D eigenvalue weighted by atomic mass is 35.5. The molecule has 10 nitrogen and oxygen atoms in total. The molecule has 0 atom stereocenters. The van der Waals surface area contributed by atoms with E-state index in [9.17, 15) is 20.1 Å². The molecule has 0 heterocycles. The second kappa shape index (κ2) is 18.4. The van der Waals surface area contributed by atoms with E-state index in [2.05, 4.69) is 0 Å². The fourth-order valence-corrected chi connectivity index (χ4v) is 3.12. The number of halogens is 1. The minimum absolute atomic E-state index is 0. The number of phenols is 3. The molecule has 38 heavy (non-hydrogen) atoms. The summed E-state index contributed by atoms with van der Waals surface area (Å²) in [6.07, 6.45) is 1.75. The van der Waals surface area contributed by atoms with Crippen molar-refractivity contribution in [2.24, 2.45) is 17.2 Å². The Labute approximate surface area is 229 Å². The average molecular weight is 552 g/mol. The van der Waals surface area contributed by atoms with Crippen molar-refractivity contribution >= 4 is 18.3 Å². The number of phenolic OH excluding ortho intramolecular Hbond substituents is 3. The average Bonchev–Trinajstić information content (AvgIpc) is 2.88. The third-order valence-corrected chi connectivity index (χ3v) is 4.98. The number of carbonyl (C=O) groups excluding carboxylic acids is 1. The minimum atomic E-state index is -0.409. The molecule has 210 valence electrons. The van der Waals surface area contributed by atoms with Crippen LogP contribution in [0.4, 0.5) is 0 Å². The Hall–Kier alpha value is -3.86. The smallest absolute Gasteiger partial charge is 0.221 e. The molecular formula is C27H38ClN3O7. The number of carbonyl (C=O) groups is 1. The highest BCUT2D eigenvalue weighted by molar-refractivity contribution is 5.85. The molecule has 0 aliphatic carbocycles. The lowest BCUT2D eigenvalue weighted by atomic mass is 10.1. The Bertz CT molecular complexity index is 1070. The summed E-state index contributed by atoms with van der Waals surface area (Å²) in [4.78, 5) is 10.6. The summed E-state index contributed by atoms with van der Waals surface area (Å²) < 4.78 is 14.7. The van der Waals surface area contributed by atoms with Gasteiger partial charge in [0.05, 0.1) is 27.8 Å². The van der Waals surface area contributed by atoms with Crippen molar-refractivity contribution in [3.05, 3.63) is 71.3 Å². The number of benzene rings is 3. The van der Waals surface area contributed by atoms with Crippen LogP contribution in [-0.4, -0.2) is 55.6 Å². The van der Waals surface area contributed by atoms with Gasteiger partial charge in [0.1, 0.15) is 0 Å². The molecule has 11 heteroatoms. The number of aromatic hydroxyl groups is 3. The molecule has 9 N–H and O–H groups in total. The Morgan fingerprint density at radius 1 is 0.658 bits per heavy atom. The zero-order chi connectivity index (χ0) is 27.8. The van der Waals surface area contributed by atoms with Crippen molar-refractivity contribution < 1.29 is 34.3 Å². The number of ether oxygens (including phenoxy) is 3. The SMILES string of the molecule is COc1cc(CC(N)=O)ccc1O.COc1cc(CCN)ccc1O.COc1cc(CCN)ccc1O.Cl. The molecule has 0 aromatic heterocycles. The lowest BCUT2D eigenvalue weighted by Gasteiger charge is -2.05. The summed E-state index contributed by atoms with van der Waals surface area (Å²) >= 11 is 0. The van der Waals surface area contributed by atoms with Gasteiger partial charge in [0.2, 0.25) is 5.91 Å². The van der Waals surface area contributed by atoms with Crippen molar-refractivity contribution in [1.29, 1.82) is 0 Å². The van der Waals surface area contributed by atoms with Crippen LogP contribution in [0.2, 0.25) is 0 Å². The Morgan fingerprint density at radius 2 is 0.974 bits per heavy atom. The molecular weight excluding hydrogens is 514 g/mol. The Balaban J connectivity index is 0.000000534. The highest BCUT2D eigenvalue weighted by Gasteiger charge is 2.04. The van der Waals surface area contributed by atoms with Crippen LogP contribution in [0, 0.1) is 0 Å². The number of amides is 1. The Kier molecular flexibility index (Phi) is 16.5. The maximum Gasteiger partial charge on any atom is 0.221 e. The van der Waals surface area contributed by atoms with E-state index >= 15 is 0 Å².